The molecule has 0 bridgehead atoms. The molecule has 0 radical (unpaired) electrons. The molecule has 10 heteroatoms. The average Bonchev–Trinajstić information content (AvgIpc) is 2.66. The van der Waals surface area contributed by atoms with Crippen LogP contribution >= 0.6 is 11.6 Å². The van der Waals surface area contributed by atoms with E-state index in [4.69, 9.17) is 16.3 Å². The third kappa shape index (κ3) is 6.69. The van der Waals surface area contributed by atoms with Gasteiger partial charge in [0.25, 0.3) is 11.6 Å². The smallest absolute Gasteiger partial charge is 0.306 e. The highest BCUT2D eigenvalue weighted by Gasteiger charge is 2.13. The molecule has 146 valence electrons. The van der Waals surface area contributed by atoms with E-state index >= 15 is 0 Å². The second-order valence-corrected chi connectivity index (χ2v) is 5.95. The van der Waals surface area contributed by atoms with Crippen LogP contribution in [0.1, 0.15) is 12.8 Å². The molecular formula is C18H16ClN3O6. The van der Waals surface area contributed by atoms with Crippen molar-refractivity contribution in [2.75, 3.05) is 17.2 Å². The van der Waals surface area contributed by atoms with Gasteiger partial charge in [0.2, 0.25) is 5.91 Å². The molecule has 9 nitrogen and oxygen atoms in total. The summed E-state index contributed by atoms with van der Waals surface area (Å²) in [6.45, 7) is -0.517. The molecule has 0 aliphatic heterocycles. The maximum atomic E-state index is 11.8. The fourth-order valence-electron chi connectivity index (χ4n) is 2.10. The number of non-ortho nitro benzene ring substituents is 1. The number of hydrogen-bond donors (Lipinski definition) is 2. The summed E-state index contributed by atoms with van der Waals surface area (Å²) in [4.78, 5) is 45.4. The van der Waals surface area contributed by atoms with Crippen LogP contribution in [0.25, 0.3) is 0 Å². The van der Waals surface area contributed by atoms with Crippen LogP contribution in [0.15, 0.2) is 48.5 Å². The first-order valence-corrected chi connectivity index (χ1v) is 8.47. The summed E-state index contributed by atoms with van der Waals surface area (Å²) in [5.41, 5.74) is 0.468. The number of hydrogen-bond acceptors (Lipinski definition) is 6. The molecular weight excluding hydrogens is 390 g/mol. The molecule has 2 N–H and O–H groups in total. The number of halogens is 1. The van der Waals surface area contributed by atoms with Gasteiger partial charge in [-0.3, -0.25) is 24.5 Å². The van der Waals surface area contributed by atoms with E-state index < -0.39 is 29.3 Å². The van der Waals surface area contributed by atoms with Gasteiger partial charge < -0.3 is 15.4 Å². The molecule has 2 aromatic rings. The molecule has 0 aliphatic rings. The predicted molar refractivity (Wildman–Crippen MR) is 102 cm³/mol. The number of para-hydroxylation sites is 1. The van der Waals surface area contributed by atoms with Crippen LogP contribution in [0.5, 0.6) is 0 Å². The summed E-state index contributed by atoms with van der Waals surface area (Å²) in [6.07, 6.45) is -0.451. The van der Waals surface area contributed by atoms with Gasteiger partial charge in [0.05, 0.1) is 22.1 Å². The van der Waals surface area contributed by atoms with Crippen molar-refractivity contribution < 1.29 is 24.0 Å². The van der Waals surface area contributed by atoms with E-state index in [1.165, 1.54) is 24.3 Å². The molecule has 0 unspecified atom stereocenters. The van der Waals surface area contributed by atoms with Crippen LogP contribution in [0.4, 0.5) is 17.1 Å². The number of carbonyl (C=O) groups is 3. The van der Waals surface area contributed by atoms with Crippen molar-refractivity contribution in [3.8, 4) is 0 Å². The van der Waals surface area contributed by atoms with Crippen LogP contribution < -0.4 is 10.6 Å². The number of anilines is 2. The lowest BCUT2D eigenvalue weighted by molar-refractivity contribution is -0.384. The molecule has 2 amide bonds. The Morgan fingerprint density at radius 1 is 1.00 bits per heavy atom. The Morgan fingerprint density at radius 3 is 2.46 bits per heavy atom. The van der Waals surface area contributed by atoms with E-state index in [9.17, 15) is 24.5 Å². The maximum Gasteiger partial charge on any atom is 0.306 e. The second kappa shape index (κ2) is 10.0. The number of nitrogens with one attached hydrogen (secondary N) is 2. The zero-order chi connectivity index (χ0) is 20.5. The van der Waals surface area contributed by atoms with Crippen LogP contribution in [0, 0.1) is 10.1 Å². The van der Waals surface area contributed by atoms with E-state index in [1.54, 1.807) is 24.3 Å². The lowest BCUT2D eigenvalue weighted by Gasteiger charge is -2.08. The predicted octanol–water partition coefficient (Wildman–Crippen LogP) is 3.15. The Kier molecular flexibility index (Phi) is 7.46. The highest BCUT2D eigenvalue weighted by atomic mass is 35.5. The number of rotatable bonds is 8. The normalized spacial score (nSPS) is 10.0. The summed E-state index contributed by atoms with van der Waals surface area (Å²) in [5, 5.41) is 16.0. The molecule has 0 saturated heterocycles. The van der Waals surface area contributed by atoms with Crippen molar-refractivity contribution >= 4 is 46.4 Å². The molecule has 0 fully saturated rings. The van der Waals surface area contributed by atoms with Gasteiger partial charge >= 0.3 is 5.97 Å². The SMILES string of the molecule is O=C(CCC(=O)OCC(=O)Nc1ccccc1Cl)Nc1cccc([N+](=O)[O-])c1. The second-order valence-electron chi connectivity index (χ2n) is 5.54. The number of nitrogens with zero attached hydrogens (tertiary/aromatic N) is 1. The minimum atomic E-state index is -0.733. The lowest BCUT2D eigenvalue weighted by atomic mass is 10.2. The summed E-state index contributed by atoms with van der Waals surface area (Å²) in [6, 6.07) is 12.0. The Bertz CT molecular complexity index is 902. The monoisotopic (exact) mass is 405 g/mol. The molecule has 2 aromatic carbocycles. The van der Waals surface area contributed by atoms with Gasteiger partial charge in [-0.15, -0.1) is 0 Å². The third-order valence-corrected chi connectivity index (χ3v) is 3.74. The van der Waals surface area contributed by atoms with Gasteiger partial charge in [0.15, 0.2) is 6.61 Å². The number of carbonyl (C=O) groups excluding carboxylic acids is 3. The van der Waals surface area contributed by atoms with Crippen LogP contribution in [0.3, 0.4) is 0 Å². The summed E-state index contributed by atoms with van der Waals surface area (Å²) < 4.78 is 4.80. The molecule has 0 spiro atoms. The number of nitro benzene ring substituents is 1. The van der Waals surface area contributed by atoms with E-state index in [1.807, 2.05) is 0 Å². The van der Waals surface area contributed by atoms with Gasteiger partial charge in [-0.1, -0.05) is 29.8 Å². The van der Waals surface area contributed by atoms with E-state index in [2.05, 4.69) is 10.6 Å². The van der Waals surface area contributed by atoms with Crippen molar-refractivity contribution in [1.82, 2.24) is 0 Å². The fourth-order valence-corrected chi connectivity index (χ4v) is 2.29. The number of esters is 1. The quantitative estimate of drug-likeness (QED) is 0.394. The van der Waals surface area contributed by atoms with Crippen molar-refractivity contribution in [2.24, 2.45) is 0 Å². The van der Waals surface area contributed by atoms with E-state index in [-0.39, 0.29) is 24.2 Å². The van der Waals surface area contributed by atoms with E-state index in [0.29, 0.717) is 10.7 Å². The Hall–Kier alpha value is -3.46. The summed E-state index contributed by atoms with van der Waals surface area (Å²) >= 11 is 5.90. The number of amides is 2. The first-order valence-electron chi connectivity index (χ1n) is 8.09. The zero-order valence-corrected chi connectivity index (χ0v) is 15.3. The topological polar surface area (TPSA) is 128 Å². The molecule has 2 rings (SSSR count). The van der Waals surface area contributed by atoms with E-state index in [0.717, 1.165) is 0 Å². The van der Waals surface area contributed by atoms with Gasteiger partial charge in [0, 0.05) is 24.2 Å². The largest absolute Gasteiger partial charge is 0.456 e. The first kappa shape index (κ1) is 20.8. The number of ether oxygens (including phenoxy) is 1. The minimum absolute atomic E-state index is 0.165. The molecule has 0 atom stereocenters. The van der Waals surface area contributed by atoms with Gasteiger partial charge in [-0.2, -0.15) is 0 Å². The Labute approximate surface area is 164 Å². The van der Waals surface area contributed by atoms with Gasteiger partial charge in [0.1, 0.15) is 0 Å². The fraction of sp³-hybridized carbons (Fsp3) is 0.167. The highest BCUT2D eigenvalue weighted by molar-refractivity contribution is 6.33. The van der Waals surface area contributed by atoms with Gasteiger partial charge in [-0.05, 0) is 18.2 Å². The zero-order valence-electron chi connectivity index (χ0n) is 14.5. The highest BCUT2D eigenvalue weighted by Crippen LogP contribution is 2.20. The van der Waals surface area contributed by atoms with Crippen molar-refractivity contribution in [1.29, 1.82) is 0 Å². The molecule has 0 saturated carbocycles. The Morgan fingerprint density at radius 2 is 1.75 bits per heavy atom. The maximum absolute atomic E-state index is 11.8. The minimum Gasteiger partial charge on any atom is -0.456 e. The van der Waals surface area contributed by atoms with Gasteiger partial charge in [-0.25, -0.2) is 0 Å². The summed E-state index contributed by atoms with van der Waals surface area (Å²) in [5.74, 6) is -1.82. The van der Waals surface area contributed by atoms with Crippen LogP contribution in [-0.2, 0) is 19.1 Å². The molecule has 0 aromatic heterocycles. The molecule has 28 heavy (non-hydrogen) atoms. The standard InChI is InChI=1S/C18H16ClN3O6/c19-14-6-1-2-7-15(14)21-17(24)11-28-18(25)9-8-16(23)20-12-4-3-5-13(10-12)22(26)27/h1-7,10H,8-9,11H2,(H,20,23)(H,21,24). The molecule has 0 heterocycles. The number of nitro groups is 1. The van der Waals surface area contributed by atoms with Crippen molar-refractivity contribution in [3.05, 3.63) is 63.7 Å². The first-order chi connectivity index (χ1) is 13.3. The number of benzene rings is 2. The third-order valence-electron chi connectivity index (χ3n) is 3.41. The van der Waals surface area contributed by atoms with Crippen LogP contribution in [0.2, 0.25) is 5.02 Å². The van der Waals surface area contributed by atoms with Crippen molar-refractivity contribution in [2.45, 2.75) is 12.8 Å². The molecule has 0 aliphatic carbocycles. The average molecular weight is 406 g/mol. The van der Waals surface area contributed by atoms with Crippen LogP contribution in [-0.4, -0.2) is 29.3 Å². The summed E-state index contributed by atoms with van der Waals surface area (Å²) in [7, 11) is 0. The Balaban J connectivity index is 1.72. The lowest BCUT2D eigenvalue weighted by Crippen LogP contribution is -2.22. The van der Waals surface area contributed by atoms with Crippen molar-refractivity contribution in [3.63, 3.8) is 0 Å².